The molecule has 3 N–H and O–H groups in total. The van der Waals surface area contributed by atoms with E-state index in [2.05, 4.69) is 16.2 Å². The molecule has 33 heavy (non-hydrogen) atoms. The Morgan fingerprint density at radius 3 is 2.91 bits per heavy atom. The minimum Gasteiger partial charge on any atom is -0.490 e. The Morgan fingerprint density at radius 2 is 2.18 bits per heavy atom. The molecule has 0 radical (unpaired) electrons. The minimum absolute atomic E-state index is 0.0483. The summed E-state index contributed by atoms with van der Waals surface area (Å²) < 4.78 is 11.2. The molecular weight excluding hydrogens is 422 g/mol. The first-order valence-electron chi connectivity index (χ1n) is 10.7. The third-order valence-corrected chi connectivity index (χ3v) is 5.47. The number of aliphatic hydroxyl groups is 1. The van der Waals surface area contributed by atoms with Crippen LogP contribution in [0.15, 0.2) is 40.9 Å². The predicted molar refractivity (Wildman–Crippen MR) is 120 cm³/mol. The molecule has 1 aromatic heterocycles. The Labute approximate surface area is 191 Å². The highest BCUT2D eigenvalue weighted by Crippen LogP contribution is 2.31. The summed E-state index contributed by atoms with van der Waals surface area (Å²) in [6.45, 7) is 4.31. The maximum atomic E-state index is 12.4. The van der Waals surface area contributed by atoms with E-state index in [-0.39, 0.29) is 18.6 Å². The molecule has 0 saturated heterocycles. The van der Waals surface area contributed by atoms with E-state index in [0.29, 0.717) is 48.1 Å². The molecule has 3 aromatic rings. The monoisotopic (exact) mass is 447 g/mol. The lowest BCUT2D eigenvalue weighted by atomic mass is 9.94. The molecule has 1 aliphatic rings. The lowest BCUT2D eigenvalue weighted by molar-refractivity contribution is -0.134. The molecule has 9 nitrogen and oxygen atoms in total. The first kappa shape index (κ1) is 22.5. The van der Waals surface area contributed by atoms with E-state index < -0.39 is 6.04 Å². The molecule has 1 atom stereocenters. The Morgan fingerprint density at radius 1 is 1.36 bits per heavy atom. The van der Waals surface area contributed by atoms with Crippen molar-refractivity contribution in [3.05, 3.63) is 53.1 Å². The summed E-state index contributed by atoms with van der Waals surface area (Å²) in [7, 11) is 0. The van der Waals surface area contributed by atoms with Gasteiger partial charge in [0.05, 0.1) is 18.3 Å². The van der Waals surface area contributed by atoms with Crippen molar-refractivity contribution in [3.8, 4) is 34.7 Å². The highest BCUT2D eigenvalue weighted by Gasteiger charge is 2.27. The number of hydrogen-bond donors (Lipinski definition) is 2. The van der Waals surface area contributed by atoms with Crippen molar-refractivity contribution in [1.82, 2.24) is 15.0 Å². The van der Waals surface area contributed by atoms with E-state index in [4.69, 9.17) is 15.0 Å². The smallest absolute Gasteiger partial charge is 0.258 e. The van der Waals surface area contributed by atoms with Crippen LogP contribution >= 0.6 is 0 Å². The van der Waals surface area contributed by atoms with Crippen LogP contribution in [-0.4, -0.2) is 51.4 Å². The van der Waals surface area contributed by atoms with Crippen molar-refractivity contribution in [2.24, 2.45) is 5.73 Å². The zero-order valence-electron chi connectivity index (χ0n) is 18.5. The quantitative estimate of drug-likeness (QED) is 0.587. The molecule has 1 aliphatic heterocycles. The van der Waals surface area contributed by atoms with Crippen LogP contribution in [0.5, 0.6) is 5.75 Å². The highest BCUT2D eigenvalue weighted by molar-refractivity contribution is 5.82. The maximum Gasteiger partial charge on any atom is 0.258 e. The molecule has 4 rings (SSSR count). The molecule has 0 aliphatic carbocycles. The lowest BCUT2D eigenvalue weighted by Crippen LogP contribution is -2.47. The summed E-state index contributed by atoms with van der Waals surface area (Å²) in [5.41, 5.74) is 9.57. The van der Waals surface area contributed by atoms with Crippen LogP contribution in [0.4, 0.5) is 0 Å². The molecule has 0 spiro atoms. The second-order valence-electron chi connectivity index (χ2n) is 8.15. The maximum absolute atomic E-state index is 12.4. The number of nitrogens with two attached hydrogens (primary N) is 1. The molecule has 2 aromatic carbocycles. The summed E-state index contributed by atoms with van der Waals surface area (Å²) in [6, 6.07) is 12.2. The van der Waals surface area contributed by atoms with Crippen LogP contribution < -0.4 is 10.5 Å². The molecular formula is C24H25N5O4. The van der Waals surface area contributed by atoms with Gasteiger partial charge < -0.3 is 25.0 Å². The van der Waals surface area contributed by atoms with Crippen LogP contribution in [-0.2, 0) is 17.8 Å². The van der Waals surface area contributed by atoms with Crippen molar-refractivity contribution >= 4 is 5.91 Å². The van der Waals surface area contributed by atoms with E-state index >= 15 is 0 Å². The Hall–Kier alpha value is -3.74. The number of nitriles is 1. The number of fused-ring (bicyclic) bond motifs is 1. The van der Waals surface area contributed by atoms with E-state index in [1.54, 1.807) is 23.1 Å². The highest BCUT2D eigenvalue weighted by atomic mass is 16.5. The number of carbonyl (C=O) groups is 1. The van der Waals surface area contributed by atoms with Crippen LogP contribution in [0.3, 0.4) is 0 Å². The topological polar surface area (TPSA) is 138 Å². The van der Waals surface area contributed by atoms with E-state index in [1.807, 2.05) is 32.0 Å². The molecule has 1 amide bonds. The fraction of sp³-hybridized carbons (Fsp3) is 0.333. The number of benzene rings is 2. The van der Waals surface area contributed by atoms with Crippen LogP contribution in [0, 0.1) is 11.3 Å². The molecule has 170 valence electrons. The first-order valence-corrected chi connectivity index (χ1v) is 10.7. The van der Waals surface area contributed by atoms with Gasteiger partial charge in [0, 0.05) is 24.2 Å². The van der Waals surface area contributed by atoms with Gasteiger partial charge in [0.25, 0.3) is 5.89 Å². The van der Waals surface area contributed by atoms with Gasteiger partial charge in [0.1, 0.15) is 17.9 Å². The molecule has 0 saturated carbocycles. The summed E-state index contributed by atoms with van der Waals surface area (Å²) >= 11 is 0. The summed E-state index contributed by atoms with van der Waals surface area (Å²) in [6.07, 6.45) is 0.562. The fourth-order valence-electron chi connectivity index (χ4n) is 3.88. The minimum atomic E-state index is -0.912. The number of carbonyl (C=O) groups excluding carboxylic acids is 1. The van der Waals surface area contributed by atoms with Gasteiger partial charge in [-0.3, -0.25) is 4.79 Å². The Bertz CT molecular complexity index is 1210. The number of nitrogens with zero attached hydrogens (tertiary/aromatic N) is 4. The molecule has 0 fully saturated rings. The largest absolute Gasteiger partial charge is 0.490 e. The summed E-state index contributed by atoms with van der Waals surface area (Å²) in [5, 5.41) is 22.8. The van der Waals surface area contributed by atoms with Gasteiger partial charge in [0.2, 0.25) is 11.7 Å². The second-order valence-corrected chi connectivity index (χ2v) is 8.15. The zero-order valence-corrected chi connectivity index (χ0v) is 18.5. The SMILES string of the molecule is CC(C)Oc1ccc(-c2nc(-c3cccc4c3CCN(C(=O)C(N)CO)C4)no2)cc1C#N. The van der Waals surface area contributed by atoms with Crippen LogP contribution in [0.25, 0.3) is 22.8 Å². The fourth-order valence-corrected chi connectivity index (χ4v) is 3.88. The number of hydrogen-bond acceptors (Lipinski definition) is 8. The van der Waals surface area contributed by atoms with Gasteiger partial charge in [-0.2, -0.15) is 10.2 Å². The average Bonchev–Trinajstić information content (AvgIpc) is 3.32. The lowest BCUT2D eigenvalue weighted by Gasteiger charge is -2.31. The Balaban J connectivity index is 1.61. The van der Waals surface area contributed by atoms with Gasteiger partial charge in [-0.1, -0.05) is 23.4 Å². The van der Waals surface area contributed by atoms with Crippen molar-refractivity contribution < 1.29 is 19.2 Å². The number of rotatable bonds is 6. The van der Waals surface area contributed by atoms with E-state index in [9.17, 15) is 15.2 Å². The normalized spacial score (nSPS) is 14.0. The van der Waals surface area contributed by atoms with E-state index in [1.165, 1.54) is 0 Å². The van der Waals surface area contributed by atoms with Crippen molar-refractivity contribution in [2.45, 2.75) is 39.0 Å². The van der Waals surface area contributed by atoms with Crippen molar-refractivity contribution in [1.29, 1.82) is 5.26 Å². The van der Waals surface area contributed by atoms with Crippen LogP contribution in [0.2, 0.25) is 0 Å². The summed E-state index contributed by atoms with van der Waals surface area (Å²) in [5.74, 6) is 0.980. The van der Waals surface area contributed by atoms with Gasteiger partial charge in [-0.05, 0) is 49.6 Å². The second kappa shape index (κ2) is 9.40. The molecule has 1 unspecified atom stereocenters. The van der Waals surface area contributed by atoms with Gasteiger partial charge in [-0.25, -0.2) is 0 Å². The van der Waals surface area contributed by atoms with Crippen molar-refractivity contribution in [2.75, 3.05) is 13.2 Å². The number of amides is 1. The van der Waals surface area contributed by atoms with Gasteiger partial charge in [0.15, 0.2) is 0 Å². The standard InChI is InChI=1S/C24H25N5O4/c1-14(2)32-21-7-6-15(10-17(21)11-25)23-27-22(28-33-23)19-5-3-4-16-12-29(9-8-18(16)19)24(31)20(26)13-30/h3-7,10,14,20,30H,8-9,12-13,26H2,1-2H3. The zero-order chi connectivity index (χ0) is 23.5. The number of aromatic nitrogens is 2. The molecule has 9 heteroatoms. The van der Waals surface area contributed by atoms with E-state index in [0.717, 1.165) is 16.7 Å². The van der Waals surface area contributed by atoms with Gasteiger partial charge >= 0.3 is 0 Å². The Kier molecular flexibility index (Phi) is 6.40. The predicted octanol–water partition coefficient (Wildman–Crippen LogP) is 2.27. The third-order valence-electron chi connectivity index (χ3n) is 5.47. The van der Waals surface area contributed by atoms with Crippen molar-refractivity contribution in [3.63, 3.8) is 0 Å². The third kappa shape index (κ3) is 4.58. The number of aliphatic hydroxyl groups excluding tert-OH is 1. The molecule has 2 heterocycles. The average molecular weight is 447 g/mol. The number of ether oxygens (including phenoxy) is 1. The first-order chi connectivity index (χ1) is 15.9. The summed E-state index contributed by atoms with van der Waals surface area (Å²) in [4.78, 5) is 18.6. The molecule has 0 bridgehead atoms. The van der Waals surface area contributed by atoms with Crippen LogP contribution in [0.1, 0.15) is 30.5 Å². The van der Waals surface area contributed by atoms with Gasteiger partial charge in [-0.15, -0.1) is 0 Å².